The second-order valence-corrected chi connectivity index (χ2v) is 5.52. The predicted molar refractivity (Wildman–Crippen MR) is 88.6 cm³/mol. The minimum absolute atomic E-state index is 0.161. The molecule has 1 fully saturated rings. The highest BCUT2D eigenvalue weighted by atomic mass is 16.4. The summed E-state index contributed by atoms with van der Waals surface area (Å²) >= 11 is 0. The molecule has 1 saturated carbocycles. The van der Waals surface area contributed by atoms with Gasteiger partial charge in [0.05, 0.1) is 0 Å². The van der Waals surface area contributed by atoms with Gasteiger partial charge in [0.2, 0.25) is 5.91 Å². The largest absolute Gasteiger partial charge is 0.478 e. The number of primary amides is 1. The molecule has 24 heavy (non-hydrogen) atoms. The minimum atomic E-state index is -1.26. The van der Waals surface area contributed by atoms with E-state index in [4.69, 9.17) is 21.7 Å². The number of carbonyl (C=O) groups excluding carboxylic acids is 1. The summed E-state index contributed by atoms with van der Waals surface area (Å²) < 4.78 is 0. The Hall–Kier alpha value is -2.67. The molecule has 0 radical (unpaired) electrons. The van der Waals surface area contributed by atoms with Crippen LogP contribution in [0.3, 0.4) is 0 Å². The molecule has 0 aromatic heterocycles. The number of hydrogen-bond acceptors (Lipinski definition) is 4. The summed E-state index contributed by atoms with van der Waals surface area (Å²) in [4.78, 5) is 30.5. The molecule has 1 aromatic carbocycles. The molecule has 2 unspecified atom stereocenters. The van der Waals surface area contributed by atoms with Gasteiger partial charge in [-0.15, -0.1) is 0 Å². The minimum Gasteiger partial charge on any atom is -0.478 e. The fourth-order valence-electron chi connectivity index (χ4n) is 2.73. The van der Waals surface area contributed by atoms with Crippen LogP contribution in [0.2, 0.25) is 0 Å². The molecule has 2 rings (SSSR count). The molecule has 0 saturated heterocycles. The van der Waals surface area contributed by atoms with Gasteiger partial charge in [-0.2, -0.15) is 0 Å². The summed E-state index contributed by atoms with van der Waals surface area (Å²) in [6.07, 6.45) is 5.59. The summed E-state index contributed by atoms with van der Waals surface area (Å²) in [6, 6.07) is 7.73. The van der Waals surface area contributed by atoms with Crippen molar-refractivity contribution in [3.05, 3.63) is 47.5 Å². The molecule has 1 amide bonds. The zero-order chi connectivity index (χ0) is 18.1. The third kappa shape index (κ3) is 6.21. The molecular weight excluding hydrogens is 312 g/mol. The lowest BCUT2D eigenvalue weighted by Crippen LogP contribution is -2.32. The molecule has 0 spiro atoms. The fraction of sp³-hybridized carbons (Fsp3) is 0.353. The van der Waals surface area contributed by atoms with E-state index in [-0.39, 0.29) is 17.9 Å². The second-order valence-electron chi connectivity index (χ2n) is 5.52. The maximum absolute atomic E-state index is 11.4. The Kier molecular flexibility index (Phi) is 7.64. The number of carboxylic acid groups (broad SMARTS) is 2. The quantitative estimate of drug-likeness (QED) is 0.614. The number of aliphatic carboxylic acids is 2. The Bertz CT molecular complexity index is 611. The average Bonchev–Trinajstić information content (AvgIpc) is 2.54. The van der Waals surface area contributed by atoms with Gasteiger partial charge in [0.15, 0.2) is 0 Å². The van der Waals surface area contributed by atoms with E-state index >= 15 is 0 Å². The molecule has 1 aliphatic carbocycles. The van der Waals surface area contributed by atoms with Crippen LogP contribution in [0.1, 0.15) is 47.5 Å². The highest BCUT2D eigenvalue weighted by Gasteiger charge is 2.26. The molecule has 2 atom stereocenters. The Labute approximate surface area is 140 Å². The number of nitrogens with two attached hydrogens (primary N) is 2. The lowest BCUT2D eigenvalue weighted by molar-refractivity contribution is -0.134. The van der Waals surface area contributed by atoms with E-state index in [1.165, 1.54) is 12.8 Å². The first-order valence-corrected chi connectivity index (χ1v) is 7.61. The zero-order valence-corrected chi connectivity index (χ0v) is 13.2. The first-order valence-electron chi connectivity index (χ1n) is 7.61. The normalized spacial score (nSPS) is 20.0. The van der Waals surface area contributed by atoms with E-state index < -0.39 is 11.9 Å². The third-order valence-electron chi connectivity index (χ3n) is 3.81. The van der Waals surface area contributed by atoms with Crippen molar-refractivity contribution in [1.29, 1.82) is 0 Å². The summed E-state index contributed by atoms with van der Waals surface area (Å²) in [5, 5.41) is 15.6. The van der Waals surface area contributed by atoms with E-state index in [1.54, 1.807) is 6.07 Å². The van der Waals surface area contributed by atoms with Crippen LogP contribution in [-0.4, -0.2) is 34.1 Å². The van der Waals surface area contributed by atoms with Crippen molar-refractivity contribution < 1.29 is 24.6 Å². The zero-order valence-electron chi connectivity index (χ0n) is 13.2. The molecule has 1 aromatic rings. The van der Waals surface area contributed by atoms with Crippen molar-refractivity contribution >= 4 is 17.8 Å². The number of amides is 1. The topological polar surface area (TPSA) is 144 Å². The predicted octanol–water partition coefficient (Wildman–Crippen LogP) is 1.48. The van der Waals surface area contributed by atoms with Crippen molar-refractivity contribution in [2.75, 3.05) is 0 Å². The molecule has 0 aliphatic heterocycles. The molecule has 7 heteroatoms. The fourth-order valence-corrected chi connectivity index (χ4v) is 2.73. The van der Waals surface area contributed by atoms with Crippen LogP contribution in [0.4, 0.5) is 0 Å². The highest BCUT2D eigenvalue weighted by Crippen LogP contribution is 2.33. The van der Waals surface area contributed by atoms with Gasteiger partial charge >= 0.3 is 11.9 Å². The molecule has 0 heterocycles. The van der Waals surface area contributed by atoms with Gasteiger partial charge in [0.1, 0.15) is 0 Å². The van der Waals surface area contributed by atoms with Gasteiger partial charge in [-0.25, -0.2) is 9.59 Å². The van der Waals surface area contributed by atoms with E-state index in [1.807, 2.05) is 18.2 Å². The van der Waals surface area contributed by atoms with Crippen LogP contribution < -0.4 is 11.5 Å². The van der Waals surface area contributed by atoms with Crippen LogP contribution in [0.5, 0.6) is 0 Å². The van der Waals surface area contributed by atoms with E-state index in [2.05, 4.69) is 0 Å². The van der Waals surface area contributed by atoms with E-state index in [0.29, 0.717) is 17.7 Å². The second kappa shape index (κ2) is 9.46. The van der Waals surface area contributed by atoms with Crippen molar-refractivity contribution in [2.24, 2.45) is 11.5 Å². The van der Waals surface area contributed by atoms with Crippen molar-refractivity contribution in [1.82, 2.24) is 0 Å². The monoisotopic (exact) mass is 334 g/mol. The maximum Gasteiger partial charge on any atom is 0.328 e. The van der Waals surface area contributed by atoms with Crippen LogP contribution in [-0.2, 0) is 9.59 Å². The molecule has 0 bridgehead atoms. The first-order chi connectivity index (χ1) is 11.3. The van der Waals surface area contributed by atoms with E-state index in [9.17, 15) is 14.4 Å². The Morgan fingerprint density at radius 3 is 2.04 bits per heavy atom. The lowest BCUT2D eigenvalue weighted by Gasteiger charge is -2.29. The van der Waals surface area contributed by atoms with Crippen molar-refractivity contribution in [3.63, 3.8) is 0 Å². The number of rotatable bonds is 4. The summed E-state index contributed by atoms with van der Waals surface area (Å²) in [7, 11) is 0. The van der Waals surface area contributed by atoms with Gasteiger partial charge in [0, 0.05) is 23.8 Å². The van der Waals surface area contributed by atoms with Crippen LogP contribution in [0.25, 0.3) is 0 Å². The summed E-state index contributed by atoms with van der Waals surface area (Å²) in [6.45, 7) is 0. The molecule has 6 N–H and O–H groups in total. The van der Waals surface area contributed by atoms with Crippen LogP contribution in [0, 0.1) is 0 Å². The van der Waals surface area contributed by atoms with Crippen molar-refractivity contribution in [3.8, 4) is 0 Å². The molecule has 7 nitrogen and oxygen atoms in total. The standard InChI is InChI=1S/C13H18N2O.C4H4O4/c14-12-8-4-3-6-10(12)9-5-1-2-7-11(9)13(15)16;5-3(6)1-2-4(7)8/h1-2,5,7,10,12H,3-4,6,8,14H2,(H2,15,16);1-2H,(H,5,6)(H,7,8). The number of carbonyl (C=O) groups is 3. The lowest BCUT2D eigenvalue weighted by atomic mass is 9.79. The summed E-state index contributed by atoms with van der Waals surface area (Å²) in [5.41, 5.74) is 13.2. The maximum atomic E-state index is 11.4. The summed E-state index contributed by atoms with van der Waals surface area (Å²) in [5.74, 6) is -2.58. The first kappa shape index (κ1) is 19.4. The number of benzene rings is 1. The van der Waals surface area contributed by atoms with Gasteiger partial charge in [0.25, 0.3) is 0 Å². The van der Waals surface area contributed by atoms with Gasteiger partial charge < -0.3 is 21.7 Å². The Morgan fingerprint density at radius 1 is 1.00 bits per heavy atom. The van der Waals surface area contributed by atoms with Gasteiger partial charge in [-0.3, -0.25) is 4.79 Å². The SMILES string of the molecule is NC(=O)c1ccccc1C1CCCCC1N.O=C(O)C=CC(=O)O. The third-order valence-corrected chi connectivity index (χ3v) is 3.81. The molecule has 130 valence electrons. The van der Waals surface area contributed by atoms with Gasteiger partial charge in [-0.05, 0) is 30.4 Å². The average molecular weight is 334 g/mol. The van der Waals surface area contributed by atoms with Crippen molar-refractivity contribution in [2.45, 2.75) is 37.6 Å². The van der Waals surface area contributed by atoms with E-state index in [0.717, 1.165) is 18.4 Å². The molecular formula is C17H22N2O5. The highest BCUT2D eigenvalue weighted by molar-refractivity contribution is 5.94. The Balaban J connectivity index is 0.000000307. The van der Waals surface area contributed by atoms with Gasteiger partial charge in [-0.1, -0.05) is 31.0 Å². The Morgan fingerprint density at radius 2 is 1.54 bits per heavy atom. The van der Waals surface area contributed by atoms with Crippen LogP contribution in [0.15, 0.2) is 36.4 Å². The smallest absolute Gasteiger partial charge is 0.328 e. The van der Waals surface area contributed by atoms with Crippen LogP contribution >= 0.6 is 0 Å². The number of carboxylic acids is 2. The molecule has 1 aliphatic rings. The number of hydrogen-bond donors (Lipinski definition) is 4.